The summed E-state index contributed by atoms with van der Waals surface area (Å²) >= 11 is 0. The van der Waals surface area contributed by atoms with Crippen LogP contribution in [0.2, 0.25) is 0 Å². The third-order valence-electron chi connectivity index (χ3n) is 5.40. The van der Waals surface area contributed by atoms with Gasteiger partial charge in [0.1, 0.15) is 6.04 Å². The second-order valence-corrected chi connectivity index (χ2v) is 7.56. The normalized spacial score (nSPS) is 19.3. The maximum Gasteiger partial charge on any atom is 0.418 e. The summed E-state index contributed by atoms with van der Waals surface area (Å²) in [6.07, 6.45) is -4.84. The molecule has 0 spiro atoms. The summed E-state index contributed by atoms with van der Waals surface area (Å²) in [5.41, 5.74) is -0.207. The number of guanidine groups is 1. The second-order valence-electron chi connectivity index (χ2n) is 7.56. The summed E-state index contributed by atoms with van der Waals surface area (Å²) in [5.74, 6) is -0.875. The summed E-state index contributed by atoms with van der Waals surface area (Å²) < 4.78 is 39.6. The number of para-hydroxylation sites is 2. The van der Waals surface area contributed by atoms with Crippen molar-refractivity contribution in [2.24, 2.45) is 4.99 Å². The molecule has 0 aliphatic carbocycles. The average molecular weight is 445 g/mol. The summed E-state index contributed by atoms with van der Waals surface area (Å²) in [4.78, 5) is 33.3. The molecule has 0 bridgehead atoms. The van der Waals surface area contributed by atoms with Gasteiger partial charge in [-0.25, -0.2) is 4.99 Å². The molecule has 1 atom stereocenters. The van der Waals surface area contributed by atoms with E-state index in [1.54, 1.807) is 0 Å². The van der Waals surface area contributed by atoms with E-state index in [0.717, 1.165) is 11.8 Å². The zero-order valence-corrected chi connectivity index (χ0v) is 17.1. The predicted octanol–water partition coefficient (Wildman–Crippen LogP) is 2.71. The van der Waals surface area contributed by atoms with Gasteiger partial charge in [0.2, 0.25) is 17.8 Å². The Bertz CT molecular complexity index is 1020. The van der Waals surface area contributed by atoms with Gasteiger partial charge in [0.05, 0.1) is 17.7 Å². The van der Waals surface area contributed by atoms with Crippen molar-refractivity contribution in [1.29, 1.82) is 0 Å². The molecule has 7 nitrogen and oxygen atoms in total. The van der Waals surface area contributed by atoms with Crippen LogP contribution >= 0.6 is 0 Å². The number of rotatable bonds is 3. The Hall–Kier alpha value is -3.56. The number of carbonyl (C=O) groups excluding carboxylic acids is 2. The fourth-order valence-corrected chi connectivity index (χ4v) is 3.76. The molecule has 2 aliphatic heterocycles. The molecule has 1 saturated heterocycles. The number of nitrogens with one attached hydrogen (secondary N) is 2. The van der Waals surface area contributed by atoms with Crippen LogP contribution in [0.25, 0.3) is 0 Å². The number of alkyl halides is 3. The van der Waals surface area contributed by atoms with E-state index in [1.807, 2.05) is 35.2 Å². The van der Waals surface area contributed by atoms with Gasteiger partial charge >= 0.3 is 6.18 Å². The molecular formula is C22H22F3N5O2. The van der Waals surface area contributed by atoms with E-state index in [0.29, 0.717) is 26.2 Å². The van der Waals surface area contributed by atoms with Gasteiger partial charge in [-0.1, -0.05) is 30.3 Å². The Morgan fingerprint density at radius 2 is 1.59 bits per heavy atom. The standard InChI is InChI=1S/C22H22F3N5O2/c23-22(24,25)16-8-4-5-9-17(16)26-20(32)18-14-19(31)28-21(27-18)30-12-10-29(11-13-30)15-6-2-1-3-7-15/h1-9,18H,10-14H2,(H,26,32)(H,27,28,31). The lowest BCUT2D eigenvalue weighted by molar-refractivity contribution is -0.137. The quantitative estimate of drug-likeness (QED) is 0.762. The lowest BCUT2D eigenvalue weighted by Gasteiger charge is -2.38. The number of anilines is 2. The SMILES string of the molecule is O=C1CC(C(=O)Nc2ccccc2C(F)(F)F)N=C(N2CCN(c3ccccc3)CC2)N1. The van der Waals surface area contributed by atoms with Crippen molar-refractivity contribution >= 4 is 29.1 Å². The first-order valence-corrected chi connectivity index (χ1v) is 10.2. The summed E-state index contributed by atoms with van der Waals surface area (Å²) in [6.45, 7) is 2.57. The van der Waals surface area contributed by atoms with Crippen molar-refractivity contribution in [3.63, 3.8) is 0 Å². The van der Waals surface area contributed by atoms with Gasteiger partial charge in [-0.3, -0.25) is 14.9 Å². The van der Waals surface area contributed by atoms with Gasteiger partial charge in [-0.05, 0) is 24.3 Å². The van der Waals surface area contributed by atoms with Crippen molar-refractivity contribution in [3.8, 4) is 0 Å². The lowest BCUT2D eigenvalue weighted by atomic mass is 10.1. The molecule has 0 radical (unpaired) electrons. The van der Waals surface area contributed by atoms with E-state index >= 15 is 0 Å². The molecule has 2 aromatic carbocycles. The fourth-order valence-electron chi connectivity index (χ4n) is 3.76. The molecule has 0 aromatic heterocycles. The highest BCUT2D eigenvalue weighted by molar-refractivity contribution is 6.06. The molecule has 10 heteroatoms. The van der Waals surface area contributed by atoms with E-state index in [2.05, 4.69) is 20.5 Å². The zero-order valence-electron chi connectivity index (χ0n) is 17.1. The highest BCUT2D eigenvalue weighted by atomic mass is 19.4. The zero-order chi connectivity index (χ0) is 22.7. The van der Waals surface area contributed by atoms with Gasteiger partial charge in [0.15, 0.2) is 0 Å². The molecule has 168 valence electrons. The number of hydrogen-bond acceptors (Lipinski definition) is 5. The van der Waals surface area contributed by atoms with E-state index in [1.165, 1.54) is 18.2 Å². The van der Waals surface area contributed by atoms with E-state index < -0.39 is 29.6 Å². The molecule has 0 saturated carbocycles. The third kappa shape index (κ3) is 4.84. The molecule has 2 heterocycles. The Balaban J connectivity index is 1.45. The Labute approximate surface area is 182 Å². The van der Waals surface area contributed by atoms with Crippen LogP contribution in [-0.2, 0) is 15.8 Å². The van der Waals surface area contributed by atoms with Gasteiger partial charge < -0.3 is 15.1 Å². The fraction of sp³-hybridized carbons (Fsp3) is 0.318. The highest BCUT2D eigenvalue weighted by Crippen LogP contribution is 2.34. The molecular weight excluding hydrogens is 423 g/mol. The molecule has 2 aliphatic rings. The molecule has 32 heavy (non-hydrogen) atoms. The largest absolute Gasteiger partial charge is 0.418 e. The molecule has 2 aromatic rings. The maximum absolute atomic E-state index is 13.2. The monoisotopic (exact) mass is 445 g/mol. The van der Waals surface area contributed by atoms with Crippen LogP contribution in [-0.4, -0.2) is 54.9 Å². The number of halogens is 3. The first-order valence-electron chi connectivity index (χ1n) is 10.2. The van der Waals surface area contributed by atoms with E-state index in [4.69, 9.17) is 0 Å². The molecule has 2 amide bonds. The Kier molecular flexibility index (Phi) is 6.02. The van der Waals surface area contributed by atoms with E-state index in [9.17, 15) is 22.8 Å². The predicted molar refractivity (Wildman–Crippen MR) is 114 cm³/mol. The number of hydrogen-bond donors (Lipinski definition) is 2. The second kappa shape index (κ2) is 8.89. The Morgan fingerprint density at radius 3 is 2.28 bits per heavy atom. The minimum atomic E-state index is -4.61. The van der Waals surface area contributed by atoms with Crippen LogP contribution in [0.5, 0.6) is 0 Å². The van der Waals surface area contributed by atoms with Crippen LogP contribution in [0.4, 0.5) is 24.5 Å². The third-order valence-corrected chi connectivity index (χ3v) is 5.40. The van der Waals surface area contributed by atoms with Gasteiger partial charge in [0, 0.05) is 31.9 Å². The number of benzene rings is 2. The summed E-state index contributed by atoms with van der Waals surface area (Å²) in [6, 6.07) is 13.5. The highest BCUT2D eigenvalue weighted by Gasteiger charge is 2.35. The van der Waals surface area contributed by atoms with Crippen LogP contribution < -0.4 is 15.5 Å². The van der Waals surface area contributed by atoms with Gasteiger partial charge in [-0.15, -0.1) is 0 Å². The molecule has 1 fully saturated rings. The number of nitrogens with zero attached hydrogens (tertiary/aromatic N) is 3. The van der Waals surface area contributed by atoms with Crippen molar-refractivity contribution in [2.45, 2.75) is 18.6 Å². The molecule has 2 N–H and O–H groups in total. The van der Waals surface area contributed by atoms with Gasteiger partial charge in [-0.2, -0.15) is 13.2 Å². The first-order chi connectivity index (χ1) is 15.3. The van der Waals surface area contributed by atoms with Crippen molar-refractivity contribution < 1.29 is 22.8 Å². The number of aliphatic imine (C=N–C) groups is 1. The Morgan fingerprint density at radius 1 is 0.969 bits per heavy atom. The maximum atomic E-state index is 13.2. The van der Waals surface area contributed by atoms with Crippen molar-refractivity contribution in [3.05, 3.63) is 60.2 Å². The summed E-state index contributed by atoms with van der Waals surface area (Å²) in [5, 5.41) is 4.97. The van der Waals surface area contributed by atoms with Crippen LogP contribution in [0.3, 0.4) is 0 Å². The smallest absolute Gasteiger partial charge is 0.368 e. The minimum absolute atomic E-state index is 0.229. The molecule has 1 unspecified atom stereocenters. The van der Waals surface area contributed by atoms with Gasteiger partial charge in [0.25, 0.3) is 0 Å². The summed E-state index contributed by atoms with van der Waals surface area (Å²) in [7, 11) is 0. The number of carbonyl (C=O) groups is 2. The number of piperazine rings is 1. The van der Waals surface area contributed by atoms with Crippen molar-refractivity contribution in [2.75, 3.05) is 36.4 Å². The average Bonchev–Trinajstić information content (AvgIpc) is 2.79. The minimum Gasteiger partial charge on any atom is -0.368 e. The van der Waals surface area contributed by atoms with Crippen LogP contribution in [0.1, 0.15) is 12.0 Å². The lowest BCUT2D eigenvalue weighted by Crippen LogP contribution is -2.56. The molecule has 4 rings (SSSR count). The first kappa shape index (κ1) is 21.7. The topological polar surface area (TPSA) is 77.0 Å². The number of amides is 2. The van der Waals surface area contributed by atoms with Crippen molar-refractivity contribution in [1.82, 2.24) is 10.2 Å². The van der Waals surface area contributed by atoms with Crippen LogP contribution in [0, 0.1) is 0 Å². The van der Waals surface area contributed by atoms with Crippen LogP contribution in [0.15, 0.2) is 59.6 Å². The van der Waals surface area contributed by atoms with E-state index in [-0.39, 0.29) is 18.1 Å².